The Morgan fingerprint density at radius 1 is 1.03 bits per heavy atom. The highest BCUT2D eigenvalue weighted by atomic mass is 16.2. The normalized spacial score (nSPS) is 18.8. The Balaban J connectivity index is 0.00000124. The molecule has 0 aromatic heterocycles. The number of nitrogens with zero attached hydrogens (tertiary/aromatic N) is 4. The average molecular weight is 408 g/mol. The van der Waals surface area contributed by atoms with Crippen LogP contribution in [0.1, 0.15) is 55.5 Å². The Bertz CT molecular complexity index is 943. The lowest BCUT2D eigenvalue weighted by molar-refractivity contribution is -0.125. The zero-order valence-electron chi connectivity index (χ0n) is 18.0. The highest BCUT2D eigenvalue weighted by Crippen LogP contribution is 2.47. The molecule has 2 amide bonds. The number of anilines is 1. The molecular weight excluding hydrogens is 378 g/mol. The maximum absolute atomic E-state index is 13.1. The Kier molecular flexibility index (Phi) is 6.82. The number of fused-ring (bicyclic) bond motifs is 5. The van der Waals surface area contributed by atoms with E-state index >= 15 is 0 Å². The smallest absolute Gasteiger partial charge is 0.227 e. The summed E-state index contributed by atoms with van der Waals surface area (Å²) in [7, 11) is 3.51. The largest absolute Gasteiger partial charge is 0.359 e. The Labute approximate surface area is 177 Å². The molecule has 2 unspecified atom stereocenters. The van der Waals surface area contributed by atoms with Crippen LogP contribution in [0, 0.1) is 0 Å². The standard InChI is InChI=1S/C21H23N5O2.C2H6/c1-22-18(27)11-12-19(28)26-13-14-7-3-4-8-15(14)21-20(23-24-25(21)2)16-9-5-6-10-17(16)26;1-2/h3-10,20-21H,11-13H2,1-2H3,(H,22,27);1-2H3. The van der Waals surface area contributed by atoms with Gasteiger partial charge < -0.3 is 10.2 Å². The van der Waals surface area contributed by atoms with Gasteiger partial charge in [-0.15, -0.1) is 0 Å². The second kappa shape index (κ2) is 9.52. The van der Waals surface area contributed by atoms with Crippen LogP contribution in [-0.4, -0.2) is 30.9 Å². The van der Waals surface area contributed by atoms with Gasteiger partial charge in [-0.05, 0) is 17.2 Å². The van der Waals surface area contributed by atoms with Crippen LogP contribution in [0.15, 0.2) is 58.9 Å². The second-order valence-corrected chi connectivity index (χ2v) is 7.08. The van der Waals surface area contributed by atoms with Gasteiger partial charge in [0.1, 0.15) is 12.1 Å². The van der Waals surface area contributed by atoms with Crippen molar-refractivity contribution in [1.82, 2.24) is 10.3 Å². The molecule has 7 nitrogen and oxygen atoms in total. The number of benzene rings is 2. The first-order valence-electron chi connectivity index (χ1n) is 10.4. The zero-order valence-corrected chi connectivity index (χ0v) is 18.0. The van der Waals surface area contributed by atoms with Crippen LogP contribution in [0.3, 0.4) is 0 Å². The number of carbonyl (C=O) groups is 2. The molecule has 2 atom stereocenters. The third kappa shape index (κ3) is 4.06. The molecule has 0 radical (unpaired) electrons. The maximum Gasteiger partial charge on any atom is 0.227 e. The fraction of sp³-hybridized carbons (Fsp3) is 0.391. The summed E-state index contributed by atoms with van der Waals surface area (Å²) >= 11 is 0. The minimum Gasteiger partial charge on any atom is -0.359 e. The number of nitrogens with one attached hydrogen (secondary N) is 1. The van der Waals surface area contributed by atoms with E-state index in [1.807, 2.05) is 68.4 Å². The quantitative estimate of drug-likeness (QED) is 0.829. The lowest BCUT2D eigenvalue weighted by atomic mass is 9.87. The second-order valence-electron chi connectivity index (χ2n) is 7.08. The van der Waals surface area contributed by atoms with Crippen LogP contribution in [0.5, 0.6) is 0 Å². The molecule has 0 spiro atoms. The first-order chi connectivity index (χ1) is 14.6. The van der Waals surface area contributed by atoms with Crippen LogP contribution >= 0.6 is 0 Å². The number of rotatable bonds is 3. The van der Waals surface area contributed by atoms with Crippen LogP contribution in [0.4, 0.5) is 5.69 Å². The molecule has 2 heterocycles. The van der Waals surface area contributed by atoms with E-state index < -0.39 is 0 Å². The van der Waals surface area contributed by atoms with Crippen molar-refractivity contribution in [1.29, 1.82) is 0 Å². The molecule has 2 aromatic rings. The summed E-state index contributed by atoms with van der Waals surface area (Å²) in [5, 5.41) is 13.3. The van der Waals surface area contributed by atoms with Gasteiger partial charge >= 0.3 is 0 Å². The Hall–Kier alpha value is -3.22. The molecule has 158 valence electrons. The molecule has 0 aliphatic carbocycles. The van der Waals surface area contributed by atoms with Gasteiger partial charge in [0.2, 0.25) is 11.8 Å². The molecule has 0 bridgehead atoms. The van der Waals surface area contributed by atoms with Gasteiger partial charge in [-0.1, -0.05) is 61.5 Å². The monoisotopic (exact) mass is 407 g/mol. The number of hydrogen-bond acceptors (Lipinski definition) is 5. The highest BCUT2D eigenvalue weighted by Gasteiger charge is 2.39. The molecule has 2 aliphatic heterocycles. The summed E-state index contributed by atoms with van der Waals surface area (Å²) < 4.78 is 0. The van der Waals surface area contributed by atoms with E-state index in [2.05, 4.69) is 21.7 Å². The van der Waals surface area contributed by atoms with E-state index in [1.165, 1.54) is 0 Å². The van der Waals surface area contributed by atoms with Crippen molar-refractivity contribution in [2.45, 2.75) is 45.3 Å². The minimum atomic E-state index is -0.183. The van der Waals surface area contributed by atoms with Gasteiger partial charge in [-0.2, -0.15) is 5.11 Å². The molecule has 1 N–H and O–H groups in total. The minimum absolute atomic E-state index is 0.000436. The molecule has 7 heteroatoms. The molecule has 4 rings (SSSR count). The predicted molar refractivity (Wildman–Crippen MR) is 117 cm³/mol. The number of likely N-dealkylation sites (N-methyl/N-ethyl adjacent to an activating group) is 1. The summed E-state index contributed by atoms with van der Waals surface area (Å²) in [5.41, 5.74) is 4.00. The number of hydrogen-bond donors (Lipinski definition) is 1. The van der Waals surface area contributed by atoms with Crippen LogP contribution < -0.4 is 10.2 Å². The highest BCUT2D eigenvalue weighted by molar-refractivity contribution is 5.96. The SMILES string of the molecule is CC.CNC(=O)CCC(=O)N1Cc2ccccc2C2C(N=NN2C)c2ccccc21. The molecular formula is C23H29N5O2. The van der Waals surface area contributed by atoms with Gasteiger partial charge in [0.15, 0.2) is 0 Å². The van der Waals surface area contributed by atoms with E-state index in [9.17, 15) is 9.59 Å². The molecule has 0 fully saturated rings. The van der Waals surface area contributed by atoms with Crippen molar-refractivity contribution in [3.05, 3.63) is 65.2 Å². The van der Waals surface area contributed by atoms with Crippen molar-refractivity contribution in [3.8, 4) is 0 Å². The zero-order chi connectivity index (χ0) is 21.7. The predicted octanol–water partition coefficient (Wildman–Crippen LogP) is 4.18. The van der Waals surface area contributed by atoms with Crippen LogP contribution in [0.2, 0.25) is 0 Å². The lowest BCUT2D eigenvalue weighted by Gasteiger charge is -2.34. The van der Waals surface area contributed by atoms with E-state index in [0.717, 1.165) is 22.4 Å². The number of amides is 2. The molecule has 2 aliphatic rings. The Morgan fingerprint density at radius 2 is 1.70 bits per heavy atom. The van der Waals surface area contributed by atoms with E-state index in [0.29, 0.717) is 6.54 Å². The van der Waals surface area contributed by atoms with Crippen molar-refractivity contribution in [2.24, 2.45) is 10.3 Å². The topological polar surface area (TPSA) is 77.4 Å². The van der Waals surface area contributed by atoms with Crippen molar-refractivity contribution < 1.29 is 9.59 Å². The van der Waals surface area contributed by atoms with Crippen molar-refractivity contribution >= 4 is 17.5 Å². The Morgan fingerprint density at radius 3 is 2.43 bits per heavy atom. The van der Waals surface area contributed by atoms with Crippen LogP contribution in [0.25, 0.3) is 0 Å². The number of para-hydroxylation sites is 1. The third-order valence-corrected chi connectivity index (χ3v) is 5.41. The molecule has 2 aromatic carbocycles. The summed E-state index contributed by atoms with van der Waals surface area (Å²) in [6.07, 6.45) is 0.329. The average Bonchev–Trinajstić information content (AvgIpc) is 3.16. The van der Waals surface area contributed by atoms with E-state index in [-0.39, 0.29) is 36.7 Å². The van der Waals surface area contributed by atoms with Crippen LogP contribution in [-0.2, 0) is 16.1 Å². The summed E-state index contributed by atoms with van der Waals surface area (Å²) in [5.74, 6) is -0.215. The lowest BCUT2D eigenvalue weighted by Crippen LogP contribution is -2.35. The van der Waals surface area contributed by atoms with Gasteiger partial charge in [0.05, 0.1) is 6.54 Å². The van der Waals surface area contributed by atoms with Gasteiger partial charge in [0, 0.05) is 38.2 Å². The van der Waals surface area contributed by atoms with E-state index in [1.54, 1.807) is 11.9 Å². The van der Waals surface area contributed by atoms with Crippen molar-refractivity contribution in [3.63, 3.8) is 0 Å². The summed E-state index contributed by atoms with van der Waals surface area (Å²) in [6.45, 7) is 4.46. The third-order valence-electron chi connectivity index (χ3n) is 5.41. The van der Waals surface area contributed by atoms with Gasteiger partial charge in [-0.25, -0.2) is 0 Å². The first-order valence-corrected chi connectivity index (χ1v) is 10.4. The molecule has 30 heavy (non-hydrogen) atoms. The summed E-state index contributed by atoms with van der Waals surface area (Å²) in [6, 6.07) is 15.8. The van der Waals surface area contributed by atoms with E-state index in [4.69, 9.17) is 0 Å². The maximum atomic E-state index is 13.1. The number of carbonyl (C=O) groups excluding carboxylic acids is 2. The van der Waals surface area contributed by atoms with Gasteiger partial charge in [0.25, 0.3) is 0 Å². The summed E-state index contributed by atoms with van der Waals surface area (Å²) in [4.78, 5) is 26.5. The van der Waals surface area contributed by atoms with Gasteiger partial charge in [-0.3, -0.25) is 14.6 Å². The van der Waals surface area contributed by atoms with Crippen molar-refractivity contribution in [2.75, 3.05) is 19.0 Å². The fourth-order valence-corrected chi connectivity index (χ4v) is 3.97. The first kappa shape index (κ1) is 21.5. The fourth-order valence-electron chi connectivity index (χ4n) is 3.97. The molecule has 0 saturated carbocycles. The molecule has 0 saturated heterocycles.